The van der Waals surface area contributed by atoms with Crippen LogP contribution in [0.4, 0.5) is 13.2 Å². The van der Waals surface area contributed by atoms with Crippen molar-refractivity contribution in [3.8, 4) is 0 Å². The number of nitrogens with zero attached hydrogens (tertiary/aromatic N) is 1. The number of carboxylic acids is 1. The molecular formula is C12H20F3NO2. The van der Waals surface area contributed by atoms with E-state index in [1.165, 1.54) is 0 Å². The highest BCUT2D eigenvalue weighted by molar-refractivity contribution is 5.75. The van der Waals surface area contributed by atoms with Crippen LogP contribution in [0, 0.1) is 11.3 Å². The second-order valence-electron chi connectivity index (χ2n) is 5.36. The molecule has 1 fully saturated rings. The van der Waals surface area contributed by atoms with E-state index in [0.717, 1.165) is 0 Å². The Kier molecular flexibility index (Phi) is 4.64. The normalized spacial score (nSPS) is 25.9. The lowest BCUT2D eigenvalue weighted by molar-refractivity contribution is -0.151. The Hall–Kier alpha value is -0.780. The lowest BCUT2D eigenvalue weighted by Crippen LogP contribution is -2.39. The summed E-state index contributed by atoms with van der Waals surface area (Å²) < 4.78 is 36.1. The van der Waals surface area contributed by atoms with Gasteiger partial charge in [-0.05, 0) is 31.8 Å². The van der Waals surface area contributed by atoms with Crippen molar-refractivity contribution >= 4 is 5.97 Å². The molecular weight excluding hydrogens is 247 g/mol. The van der Waals surface area contributed by atoms with Crippen LogP contribution < -0.4 is 0 Å². The predicted octanol–water partition coefficient (Wildman–Crippen LogP) is 2.76. The minimum Gasteiger partial charge on any atom is -0.481 e. The van der Waals surface area contributed by atoms with E-state index in [-0.39, 0.29) is 12.3 Å². The minimum atomic E-state index is -4.12. The number of halogens is 3. The van der Waals surface area contributed by atoms with Crippen LogP contribution in [0.25, 0.3) is 0 Å². The molecule has 1 aliphatic rings. The number of hydrogen-bond acceptors (Lipinski definition) is 2. The van der Waals surface area contributed by atoms with Crippen molar-refractivity contribution in [2.75, 3.05) is 19.6 Å². The third-order valence-corrected chi connectivity index (χ3v) is 3.85. The molecule has 0 bridgehead atoms. The van der Waals surface area contributed by atoms with Crippen molar-refractivity contribution in [3.05, 3.63) is 0 Å². The molecule has 0 radical (unpaired) electrons. The van der Waals surface area contributed by atoms with Gasteiger partial charge in [0.05, 0.1) is 5.41 Å². The van der Waals surface area contributed by atoms with E-state index in [9.17, 15) is 23.1 Å². The first kappa shape index (κ1) is 15.3. The molecule has 106 valence electrons. The lowest BCUT2D eigenvalue weighted by Gasteiger charge is -2.28. The Balaban J connectivity index is 2.47. The predicted molar refractivity (Wildman–Crippen MR) is 61.3 cm³/mol. The number of alkyl halides is 3. The van der Waals surface area contributed by atoms with Crippen molar-refractivity contribution in [2.45, 2.75) is 39.3 Å². The van der Waals surface area contributed by atoms with Gasteiger partial charge >= 0.3 is 12.1 Å². The Morgan fingerprint density at radius 1 is 1.44 bits per heavy atom. The Labute approximate surface area is 105 Å². The van der Waals surface area contributed by atoms with Crippen molar-refractivity contribution < 1.29 is 23.1 Å². The van der Waals surface area contributed by atoms with Crippen LogP contribution in [0.2, 0.25) is 0 Å². The summed E-state index contributed by atoms with van der Waals surface area (Å²) in [5, 5.41) is 9.30. The van der Waals surface area contributed by atoms with Crippen LogP contribution in [-0.4, -0.2) is 41.8 Å². The molecule has 0 aromatic heterocycles. The summed E-state index contributed by atoms with van der Waals surface area (Å²) in [6, 6.07) is 0. The summed E-state index contributed by atoms with van der Waals surface area (Å²) in [7, 11) is 0. The van der Waals surface area contributed by atoms with Gasteiger partial charge in [-0.15, -0.1) is 0 Å². The molecule has 0 spiro atoms. The van der Waals surface area contributed by atoms with Gasteiger partial charge in [0.15, 0.2) is 0 Å². The van der Waals surface area contributed by atoms with E-state index in [1.807, 2.05) is 18.7 Å². The lowest BCUT2D eigenvalue weighted by atomic mass is 9.76. The van der Waals surface area contributed by atoms with Crippen molar-refractivity contribution in [2.24, 2.45) is 11.3 Å². The Bertz CT molecular complexity index is 304. The topological polar surface area (TPSA) is 40.5 Å². The first-order chi connectivity index (χ1) is 8.17. The zero-order valence-corrected chi connectivity index (χ0v) is 10.8. The van der Waals surface area contributed by atoms with Crippen LogP contribution in [0.1, 0.15) is 33.1 Å². The molecule has 0 amide bonds. The number of likely N-dealkylation sites (tertiary alicyclic amines) is 1. The summed E-state index contributed by atoms with van der Waals surface area (Å²) in [5.74, 6) is -0.849. The van der Waals surface area contributed by atoms with Gasteiger partial charge in [0.1, 0.15) is 0 Å². The van der Waals surface area contributed by atoms with E-state index >= 15 is 0 Å². The summed E-state index contributed by atoms with van der Waals surface area (Å²) in [4.78, 5) is 13.2. The van der Waals surface area contributed by atoms with E-state index in [2.05, 4.69) is 0 Å². The minimum absolute atomic E-state index is 0.0115. The molecule has 1 heterocycles. The smallest absolute Gasteiger partial charge is 0.389 e. The molecule has 0 aliphatic carbocycles. The van der Waals surface area contributed by atoms with Gasteiger partial charge in [-0.1, -0.05) is 13.8 Å². The van der Waals surface area contributed by atoms with Gasteiger partial charge in [0.25, 0.3) is 0 Å². The van der Waals surface area contributed by atoms with Crippen LogP contribution in [-0.2, 0) is 4.79 Å². The molecule has 1 N–H and O–H groups in total. The number of hydrogen-bond donors (Lipinski definition) is 1. The van der Waals surface area contributed by atoms with E-state index in [4.69, 9.17) is 0 Å². The summed E-state index contributed by atoms with van der Waals surface area (Å²) in [5.41, 5.74) is -0.793. The highest BCUT2D eigenvalue weighted by Crippen LogP contribution is 2.38. The molecule has 1 aliphatic heterocycles. The largest absolute Gasteiger partial charge is 0.481 e. The fraction of sp³-hybridized carbons (Fsp3) is 0.917. The Morgan fingerprint density at radius 2 is 2.06 bits per heavy atom. The molecule has 1 saturated heterocycles. The molecule has 0 aromatic carbocycles. The maximum Gasteiger partial charge on any atom is 0.389 e. The van der Waals surface area contributed by atoms with Gasteiger partial charge in [-0.2, -0.15) is 13.2 Å². The molecule has 0 saturated carbocycles. The molecule has 1 unspecified atom stereocenters. The second kappa shape index (κ2) is 5.47. The summed E-state index contributed by atoms with van der Waals surface area (Å²) >= 11 is 0. The van der Waals surface area contributed by atoms with E-state index in [1.54, 1.807) is 0 Å². The molecule has 6 heteroatoms. The molecule has 3 nitrogen and oxygen atoms in total. The highest BCUT2D eigenvalue weighted by Gasteiger charge is 2.47. The molecule has 18 heavy (non-hydrogen) atoms. The molecule has 1 rings (SSSR count). The zero-order valence-electron chi connectivity index (χ0n) is 10.8. The quantitative estimate of drug-likeness (QED) is 0.832. The fourth-order valence-corrected chi connectivity index (χ4v) is 2.50. The van der Waals surface area contributed by atoms with Crippen LogP contribution >= 0.6 is 0 Å². The van der Waals surface area contributed by atoms with Gasteiger partial charge in [-0.3, -0.25) is 4.79 Å². The van der Waals surface area contributed by atoms with Gasteiger partial charge in [0.2, 0.25) is 0 Å². The standard InChI is InChI=1S/C12H20F3NO2/c1-9(2)11(10(17)18)5-7-16(8-11)6-3-4-12(13,14)15/h9H,3-8H2,1-2H3,(H,17,18). The van der Waals surface area contributed by atoms with E-state index < -0.39 is 24.0 Å². The number of carboxylic acid groups (broad SMARTS) is 1. The summed E-state index contributed by atoms with van der Waals surface area (Å²) in [6.07, 6.45) is -4.36. The second-order valence-corrected chi connectivity index (χ2v) is 5.36. The van der Waals surface area contributed by atoms with Gasteiger partial charge in [-0.25, -0.2) is 0 Å². The number of aliphatic carboxylic acids is 1. The monoisotopic (exact) mass is 267 g/mol. The zero-order chi connectivity index (χ0) is 14.0. The van der Waals surface area contributed by atoms with Gasteiger partial charge < -0.3 is 10.0 Å². The highest BCUT2D eigenvalue weighted by atomic mass is 19.4. The maximum absolute atomic E-state index is 12.0. The third kappa shape index (κ3) is 3.60. The average Bonchev–Trinajstić information content (AvgIpc) is 2.61. The average molecular weight is 267 g/mol. The fourth-order valence-electron chi connectivity index (χ4n) is 2.50. The third-order valence-electron chi connectivity index (χ3n) is 3.85. The first-order valence-corrected chi connectivity index (χ1v) is 6.20. The van der Waals surface area contributed by atoms with Crippen LogP contribution in [0.3, 0.4) is 0 Å². The van der Waals surface area contributed by atoms with E-state index in [0.29, 0.717) is 26.1 Å². The number of rotatable bonds is 5. The van der Waals surface area contributed by atoms with Crippen molar-refractivity contribution in [3.63, 3.8) is 0 Å². The Morgan fingerprint density at radius 3 is 2.44 bits per heavy atom. The maximum atomic E-state index is 12.0. The van der Waals surface area contributed by atoms with Crippen molar-refractivity contribution in [1.82, 2.24) is 4.90 Å². The molecule has 0 aromatic rings. The summed E-state index contributed by atoms with van der Waals surface area (Å²) in [6.45, 7) is 4.96. The first-order valence-electron chi connectivity index (χ1n) is 6.20. The SMILES string of the molecule is CC(C)C1(C(=O)O)CCN(CCCC(F)(F)F)C1. The van der Waals surface area contributed by atoms with Gasteiger partial charge in [0, 0.05) is 13.0 Å². The molecule has 1 atom stereocenters. The van der Waals surface area contributed by atoms with Crippen LogP contribution in [0.5, 0.6) is 0 Å². The number of carbonyl (C=O) groups is 1. The van der Waals surface area contributed by atoms with Crippen molar-refractivity contribution in [1.29, 1.82) is 0 Å². The van der Waals surface area contributed by atoms with Crippen LogP contribution in [0.15, 0.2) is 0 Å².